The van der Waals surface area contributed by atoms with Crippen LogP contribution in [0.15, 0.2) is 0 Å². The molecule has 0 saturated heterocycles. The first-order valence-corrected chi connectivity index (χ1v) is 6.33. The van der Waals surface area contributed by atoms with Crippen LogP contribution in [0.1, 0.15) is 34.8 Å². The maximum atomic E-state index is 11.0. The fourth-order valence-corrected chi connectivity index (χ4v) is 3.05. The summed E-state index contributed by atoms with van der Waals surface area (Å²) in [6, 6.07) is 0. The lowest BCUT2D eigenvalue weighted by atomic mass is 10.1. The number of aliphatic carboxylic acids is 1. The standard InChI is InChI=1S/C11H15NO3S/c1-2-15-6-5-9-12-10-7(11(13)14)3-4-8(10)16-9/h7H,2-6H2,1H3,(H,13,14). The highest BCUT2D eigenvalue weighted by molar-refractivity contribution is 7.11. The van der Waals surface area contributed by atoms with Crippen LogP contribution in [0.25, 0.3) is 0 Å². The smallest absolute Gasteiger partial charge is 0.312 e. The van der Waals surface area contributed by atoms with Crippen molar-refractivity contribution in [3.8, 4) is 0 Å². The highest BCUT2D eigenvalue weighted by Gasteiger charge is 2.32. The minimum absolute atomic E-state index is 0.382. The molecule has 16 heavy (non-hydrogen) atoms. The van der Waals surface area contributed by atoms with Crippen LogP contribution in [0.2, 0.25) is 0 Å². The second-order valence-corrected chi connectivity index (χ2v) is 4.96. The molecular weight excluding hydrogens is 226 g/mol. The predicted octanol–water partition coefficient (Wildman–Crippen LogP) is 1.84. The van der Waals surface area contributed by atoms with E-state index in [2.05, 4.69) is 4.98 Å². The minimum atomic E-state index is -0.750. The average molecular weight is 241 g/mol. The summed E-state index contributed by atoms with van der Waals surface area (Å²) in [5.41, 5.74) is 0.795. The lowest BCUT2D eigenvalue weighted by Crippen LogP contribution is -2.09. The van der Waals surface area contributed by atoms with Crippen LogP contribution in [-0.4, -0.2) is 29.3 Å². The normalized spacial score (nSPS) is 18.7. The third-order valence-corrected chi connectivity index (χ3v) is 3.92. The van der Waals surface area contributed by atoms with Crippen molar-refractivity contribution in [2.45, 2.75) is 32.1 Å². The molecule has 0 spiro atoms. The third kappa shape index (κ3) is 2.25. The second kappa shape index (κ2) is 4.93. The van der Waals surface area contributed by atoms with Gasteiger partial charge in [-0.1, -0.05) is 0 Å². The van der Waals surface area contributed by atoms with E-state index in [1.54, 1.807) is 11.3 Å². The maximum Gasteiger partial charge on any atom is 0.312 e. The second-order valence-electron chi connectivity index (χ2n) is 3.79. The Labute approximate surface area is 98.3 Å². The number of fused-ring (bicyclic) bond motifs is 1. The van der Waals surface area contributed by atoms with Crippen LogP contribution < -0.4 is 0 Å². The van der Waals surface area contributed by atoms with Crippen molar-refractivity contribution in [1.82, 2.24) is 4.98 Å². The summed E-state index contributed by atoms with van der Waals surface area (Å²) < 4.78 is 5.26. The fourth-order valence-electron chi connectivity index (χ4n) is 1.93. The predicted molar refractivity (Wildman–Crippen MR) is 61.0 cm³/mol. The van der Waals surface area contributed by atoms with Crippen molar-refractivity contribution in [3.63, 3.8) is 0 Å². The van der Waals surface area contributed by atoms with Gasteiger partial charge in [0.25, 0.3) is 0 Å². The van der Waals surface area contributed by atoms with Gasteiger partial charge in [-0.05, 0) is 19.8 Å². The van der Waals surface area contributed by atoms with Gasteiger partial charge in [0.1, 0.15) is 5.92 Å². The molecule has 2 rings (SSSR count). The zero-order valence-electron chi connectivity index (χ0n) is 9.23. The molecular formula is C11H15NO3S. The Kier molecular flexibility index (Phi) is 3.56. The van der Waals surface area contributed by atoms with Gasteiger partial charge in [-0.25, -0.2) is 4.98 Å². The summed E-state index contributed by atoms with van der Waals surface area (Å²) in [5, 5.41) is 10.0. The number of thiazole rings is 1. The number of rotatable bonds is 5. The molecule has 0 aromatic carbocycles. The molecule has 5 heteroatoms. The number of hydrogen-bond donors (Lipinski definition) is 1. The van der Waals surface area contributed by atoms with E-state index in [1.807, 2.05) is 6.92 Å². The Balaban J connectivity index is 2.04. The molecule has 1 aliphatic rings. The van der Waals surface area contributed by atoms with Crippen molar-refractivity contribution in [3.05, 3.63) is 15.6 Å². The lowest BCUT2D eigenvalue weighted by Gasteiger charge is -2.01. The molecule has 1 N–H and O–H groups in total. The van der Waals surface area contributed by atoms with Gasteiger partial charge < -0.3 is 9.84 Å². The van der Waals surface area contributed by atoms with Gasteiger partial charge in [-0.15, -0.1) is 11.3 Å². The van der Waals surface area contributed by atoms with Crippen LogP contribution in [0.3, 0.4) is 0 Å². The number of carboxylic acids is 1. The lowest BCUT2D eigenvalue weighted by molar-refractivity contribution is -0.138. The van der Waals surface area contributed by atoms with Gasteiger partial charge in [0, 0.05) is 17.9 Å². The molecule has 1 aromatic rings. The van der Waals surface area contributed by atoms with Crippen molar-refractivity contribution in [2.24, 2.45) is 0 Å². The van der Waals surface area contributed by atoms with E-state index in [4.69, 9.17) is 9.84 Å². The van der Waals surface area contributed by atoms with E-state index in [0.29, 0.717) is 19.6 Å². The van der Waals surface area contributed by atoms with Gasteiger partial charge in [0.2, 0.25) is 0 Å². The molecule has 88 valence electrons. The average Bonchev–Trinajstić information content (AvgIpc) is 2.76. The van der Waals surface area contributed by atoms with Gasteiger partial charge in [0.05, 0.1) is 17.3 Å². The van der Waals surface area contributed by atoms with Gasteiger partial charge in [0.15, 0.2) is 0 Å². The summed E-state index contributed by atoms with van der Waals surface area (Å²) >= 11 is 1.64. The number of nitrogens with zero attached hydrogens (tertiary/aromatic N) is 1. The molecule has 0 saturated carbocycles. The summed E-state index contributed by atoms with van der Waals surface area (Å²) in [5.74, 6) is -1.13. The highest BCUT2D eigenvalue weighted by Crippen LogP contribution is 2.36. The SMILES string of the molecule is CCOCCc1nc2c(s1)CCC2C(=O)O. The Morgan fingerprint density at radius 3 is 3.19 bits per heavy atom. The molecule has 1 heterocycles. The van der Waals surface area contributed by atoms with Crippen LogP contribution in [0, 0.1) is 0 Å². The molecule has 0 fully saturated rings. The van der Waals surface area contributed by atoms with Crippen molar-refractivity contribution >= 4 is 17.3 Å². The maximum absolute atomic E-state index is 11.0. The number of aromatic nitrogens is 1. The topological polar surface area (TPSA) is 59.4 Å². The van der Waals surface area contributed by atoms with E-state index in [9.17, 15) is 4.79 Å². The number of carboxylic acid groups (broad SMARTS) is 1. The molecule has 0 bridgehead atoms. The van der Waals surface area contributed by atoms with E-state index < -0.39 is 5.97 Å². The number of aryl methyl sites for hydroxylation is 1. The van der Waals surface area contributed by atoms with Crippen molar-refractivity contribution < 1.29 is 14.6 Å². The summed E-state index contributed by atoms with van der Waals surface area (Å²) in [4.78, 5) is 16.5. The van der Waals surface area contributed by atoms with Gasteiger partial charge in [-0.2, -0.15) is 0 Å². The Morgan fingerprint density at radius 2 is 2.50 bits per heavy atom. The van der Waals surface area contributed by atoms with Crippen LogP contribution >= 0.6 is 11.3 Å². The number of ether oxygens (including phenoxy) is 1. The minimum Gasteiger partial charge on any atom is -0.481 e. The quantitative estimate of drug-likeness (QED) is 0.799. The zero-order chi connectivity index (χ0) is 11.5. The molecule has 4 nitrogen and oxygen atoms in total. The molecule has 1 aromatic heterocycles. The Hall–Kier alpha value is -0.940. The molecule has 0 radical (unpaired) electrons. The fraction of sp³-hybridized carbons (Fsp3) is 0.636. The third-order valence-electron chi connectivity index (χ3n) is 2.72. The summed E-state index contributed by atoms with van der Waals surface area (Å²) in [6.07, 6.45) is 2.35. The monoisotopic (exact) mass is 241 g/mol. The first-order valence-electron chi connectivity index (χ1n) is 5.51. The van der Waals surface area contributed by atoms with Crippen LogP contribution in [0.4, 0.5) is 0 Å². The van der Waals surface area contributed by atoms with E-state index >= 15 is 0 Å². The molecule has 0 aliphatic heterocycles. The number of carbonyl (C=O) groups is 1. The van der Waals surface area contributed by atoms with Crippen LogP contribution in [0.5, 0.6) is 0 Å². The zero-order valence-corrected chi connectivity index (χ0v) is 10.0. The van der Waals surface area contributed by atoms with E-state index in [-0.39, 0.29) is 5.92 Å². The molecule has 1 atom stereocenters. The first-order chi connectivity index (χ1) is 7.72. The largest absolute Gasteiger partial charge is 0.481 e. The van der Waals surface area contributed by atoms with E-state index in [0.717, 1.165) is 28.4 Å². The van der Waals surface area contributed by atoms with E-state index in [1.165, 1.54) is 0 Å². The van der Waals surface area contributed by atoms with Gasteiger partial charge >= 0.3 is 5.97 Å². The summed E-state index contributed by atoms with van der Waals surface area (Å²) in [7, 11) is 0. The first kappa shape index (κ1) is 11.5. The van der Waals surface area contributed by atoms with Crippen molar-refractivity contribution in [1.29, 1.82) is 0 Å². The Bertz CT molecular complexity index is 389. The van der Waals surface area contributed by atoms with Gasteiger partial charge in [-0.3, -0.25) is 4.79 Å². The molecule has 1 aliphatic carbocycles. The number of hydrogen-bond acceptors (Lipinski definition) is 4. The Morgan fingerprint density at radius 1 is 1.69 bits per heavy atom. The molecule has 0 amide bonds. The van der Waals surface area contributed by atoms with Crippen molar-refractivity contribution in [2.75, 3.05) is 13.2 Å². The molecule has 1 unspecified atom stereocenters. The summed E-state index contributed by atoms with van der Waals surface area (Å²) in [6.45, 7) is 3.34. The highest BCUT2D eigenvalue weighted by atomic mass is 32.1. The van der Waals surface area contributed by atoms with Crippen LogP contribution in [-0.2, 0) is 22.4 Å².